The molecule has 1 aliphatic rings. The smallest absolute Gasteiger partial charge is 0.252 e. The SMILES string of the molecule is Cc1cc(C)n2nc(CC(=O)N(Cc3ccccc3)C(C)CN3CCOCC3)nc2n1. The molecule has 3 heterocycles. The molecule has 164 valence electrons. The van der Waals surface area contributed by atoms with Crippen LogP contribution in [0.25, 0.3) is 5.78 Å². The molecule has 1 amide bonds. The van der Waals surface area contributed by atoms with Gasteiger partial charge < -0.3 is 9.64 Å². The molecule has 8 nitrogen and oxygen atoms in total. The molecule has 1 fully saturated rings. The third kappa shape index (κ3) is 5.26. The Bertz CT molecular complexity index is 1030. The zero-order valence-corrected chi connectivity index (χ0v) is 18.5. The van der Waals surface area contributed by atoms with Crippen LogP contribution in [0.3, 0.4) is 0 Å². The first kappa shape index (κ1) is 21.4. The van der Waals surface area contributed by atoms with Gasteiger partial charge in [0.2, 0.25) is 5.91 Å². The van der Waals surface area contributed by atoms with E-state index in [1.807, 2.05) is 43.0 Å². The lowest BCUT2D eigenvalue weighted by Gasteiger charge is -2.35. The van der Waals surface area contributed by atoms with E-state index < -0.39 is 0 Å². The molecule has 4 rings (SSSR count). The third-order valence-corrected chi connectivity index (χ3v) is 5.65. The zero-order chi connectivity index (χ0) is 21.8. The Hall–Kier alpha value is -2.84. The topological polar surface area (TPSA) is 75.9 Å². The minimum absolute atomic E-state index is 0.0230. The maximum atomic E-state index is 13.4. The number of morpholine rings is 1. The molecular weight excluding hydrogens is 392 g/mol. The van der Waals surface area contributed by atoms with Gasteiger partial charge in [0.25, 0.3) is 5.78 Å². The van der Waals surface area contributed by atoms with E-state index in [4.69, 9.17) is 4.74 Å². The van der Waals surface area contributed by atoms with E-state index >= 15 is 0 Å². The fourth-order valence-electron chi connectivity index (χ4n) is 4.05. The third-order valence-electron chi connectivity index (χ3n) is 5.65. The molecule has 1 atom stereocenters. The molecule has 1 aromatic carbocycles. The fraction of sp³-hybridized carbons (Fsp3) is 0.478. The summed E-state index contributed by atoms with van der Waals surface area (Å²) in [4.78, 5) is 26.6. The Balaban J connectivity index is 1.53. The highest BCUT2D eigenvalue weighted by molar-refractivity contribution is 5.78. The molecule has 3 aromatic rings. The molecule has 0 saturated carbocycles. The number of fused-ring (bicyclic) bond motifs is 1. The minimum atomic E-state index is 0.0230. The Morgan fingerprint density at radius 1 is 1.16 bits per heavy atom. The van der Waals surface area contributed by atoms with Gasteiger partial charge in [-0.05, 0) is 32.4 Å². The molecule has 2 aromatic heterocycles. The number of carbonyl (C=O) groups is 1. The average molecular weight is 423 g/mol. The first-order valence-corrected chi connectivity index (χ1v) is 10.8. The summed E-state index contributed by atoms with van der Waals surface area (Å²) in [5, 5.41) is 4.53. The van der Waals surface area contributed by atoms with Gasteiger partial charge in [0.1, 0.15) is 0 Å². The van der Waals surface area contributed by atoms with E-state index in [0.29, 0.717) is 18.1 Å². The molecule has 0 N–H and O–H groups in total. The van der Waals surface area contributed by atoms with E-state index in [2.05, 4.69) is 39.0 Å². The lowest BCUT2D eigenvalue weighted by molar-refractivity contribution is -0.134. The highest BCUT2D eigenvalue weighted by atomic mass is 16.5. The standard InChI is InChI=1S/C23H30N6O2/c1-17-13-18(2)29-23(24-17)25-21(26-29)14-22(30)28(16-20-7-5-4-6-8-20)19(3)15-27-9-11-31-12-10-27/h4-8,13,19H,9-12,14-16H2,1-3H3. The van der Waals surface area contributed by atoms with E-state index in [1.54, 1.807) is 4.52 Å². The first-order valence-electron chi connectivity index (χ1n) is 10.8. The summed E-state index contributed by atoms with van der Waals surface area (Å²) in [6.45, 7) is 10.7. The van der Waals surface area contributed by atoms with E-state index in [1.165, 1.54) is 0 Å². The van der Waals surface area contributed by atoms with Crippen LogP contribution in [0.4, 0.5) is 0 Å². The molecule has 1 unspecified atom stereocenters. The van der Waals surface area contributed by atoms with Gasteiger partial charge in [-0.2, -0.15) is 4.98 Å². The molecule has 0 aliphatic carbocycles. The predicted molar refractivity (Wildman–Crippen MR) is 118 cm³/mol. The van der Waals surface area contributed by atoms with Gasteiger partial charge in [0, 0.05) is 43.6 Å². The number of hydrogen-bond donors (Lipinski definition) is 0. The highest BCUT2D eigenvalue weighted by Gasteiger charge is 2.25. The predicted octanol–water partition coefficient (Wildman–Crippen LogP) is 2.03. The van der Waals surface area contributed by atoms with Crippen LogP contribution in [0.1, 0.15) is 29.7 Å². The highest BCUT2D eigenvalue weighted by Crippen LogP contribution is 2.14. The van der Waals surface area contributed by atoms with E-state index in [9.17, 15) is 4.79 Å². The van der Waals surface area contributed by atoms with Gasteiger partial charge in [-0.25, -0.2) is 9.50 Å². The lowest BCUT2D eigenvalue weighted by atomic mass is 10.1. The van der Waals surface area contributed by atoms with Crippen LogP contribution in [-0.2, 0) is 22.5 Å². The number of ether oxygens (including phenoxy) is 1. The molecule has 1 aliphatic heterocycles. The summed E-state index contributed by atoms with van der Waals surface area (Å²) < 4.78 is 7.17. The van der Waals surface area contributed by atoms with E-state index in [0.717, 1.165) is 49.8 Å². The van der Waals surface area contributed by atoms with Crippen molar-refractivity contribution in [2.45, 2.75) is 39.8 Å². The summed E-state index contributed by atoms with van der Waals surface area (Å²) in [7, 11) is 0. The van der Waals surface area contributed by atoms with Crippen molar-refractivity contribution in [2.75, 3.05) is 32.8 Å². The normalized spacial score (nSPS) is 15.8. The summed E-state index contributed by atoms with van der Waals surface area (Å²) in [6, 6.07) is 12.1. The maximum absolute atomic E-state index is 13.4. The molecule has 31 heavy (non-hydrogen) atoms. The van der Waals surface area contributed by atoms with Crippen molar-refractivity contribution in [3.63, 3.8) is 0 Å². The van der Waals surface area contributed by atoms with Crippen LogP contribution < -0.4 is 0 Å². The number of benzene rings is 1. The van der Waals surface area contributed by atoms with Gasteiger partial charge in [0.05, 0.1) is 19.6 Å². The molecule has 0 bridgehead atoms. The van der Waals surface area contributed by atoms with Crippen molar-refractivity contribution in [2.24, 2.45) is 0 Å². The number of hydrogen-bond acceptors (Lipinski definition) is 6. The zero-order valence-electron chi connectivity index (χ0n) is 18.5. The summed E-state index contributed by atoms with van der Waals surface area (Å²) in [5.41, 5.74) is 2.96. The monoisotopic (exact) mass is 422 g/mol. The van der Waals surface area contributed by atoms with Crippen molar-refractivity contribution in [1.29, 1.82) is 0 Å². The second-order valence-corrected chi connectivity index (χ2v) is 8.22. The fourth-order valence-corrected chi connectivity index (χ4v) is 4.05. The van der Waals surface area contributed by atoms with Gasteiger partial charge >= 0.3 is 0 Å². The number of nitrogens with zero attached hydrogens (tertiary/aromatic N) is 6. The van der Waals surface area contributed by atoms with Crippen molar-refractivity contribution in [3.05, 3.63) is 59.2 Å². The number of rotatable bonds is 7. The Morgan fingerprint density at radius 3 is 2.65 bits per heavy atom. The molecule has 0 spiro atoms. The van der Waals surface area contributed by atoms with Crippen LogP contribution in [0.15, 0.2) is 36.4 Å². The maximum Gasteiger partial charge on any atom is 0.252 e. The van der Waals surface area contributed by atoms with Gasteiger partial charge in [-0.3, -0.25) is 9.69 Å². The van der Waals surface area contributed by atoms with Crippen molar-refractivity contribution in [3.8, 4) is 0 Å². The second kappa shape index (κ2) is 9.53. The Kier molecular flexibility index (Phi) is 6.58. The summed E-state index contributed by atoms with van der Waals surface area (Å²) >= 11 is 0. The van der Waals surface area contributed by atoms with Crippen molar-refractivity contribution < 1.29 is 9.53 Å². The summed E-state index contributed by atoms with van der Waals surface area (Å²) in [5.74, 6) is 1.06. The van der Waals surface area contributed by atoms with Gasteiger partial charge in [0.15, 0.2) is 5.82 Å². The molecular formula is C23H30N6O2. The van der Waals surface area contributed by atoms with Gasteiger partial charge in [-0.1, -0.05) is 30.3 Å². The Morgan fingerprint density at radius 2 is 1.90 bits per heavy atom. The average Bonchev–Trinajstić information content (AvgIpc) is 3.16. The molecule has 8 heteroatoms. The first-order chi connectivity index (χ1) is 15.0. The van der Waals surface area contributed by atoms with Crippen LogP contribution in [-0.4, -0.2) is 74.2 Å². The minimum Gasteiger partial charge on any atom is -0.379 e. The molecule has 1 saturated heterocycles. The second-order valence-electron chi connectivity index (χ2n) is 8.22. The Labute approximate surface area is 182 Å². The van der Waals surface area contributed by atoms with Crippen LogP contribution >= 0.6 is 0 Å². The lowest BCUT2D eigenvalue weighted by Crippen LogP contribution is -2.48. The van der Waals surface area contributed by atoms with Crippen molar-refractivity contribution in [1.82, 2.24) is 29.4 Å². The number of carbonyl (C=O) groups excluding carboxylic acids is 1. The van der Waals surface area contributed by atoms with Crippen LogP contribution in [0, 0.1) is 13.8 Å². The molecule has 0 radical (unpaired) electrons. The van der Waals surface area contributed by atoms with Crippen LogP contribution in [0.2, 0.25) is 0 Å². The van der Waals surface area contributed by atoms with Crippen LogP contribution in [0.5, 0.6) is 0 Å². The number of amides is 1. The van der Waals surface area contributed by atoms with E-state index in [-0.39, 0.29) is 18.4 Å². The summed E-state index contributed by atoms with van der Waals surface area (Å²) in [6.07, 6.45) is 0.155. The number of aromatic nitrogens is 4. The number of aryl methyl sites for hydroxylation is 2. The van der Waals surface area contributed by atoms with Crippen molar-refractivity contribution >= 4 is 11.7 Å². The largest absolute Gasteiger partial charge is 0.379 e. The quantitative estimate of drug-likeness (QED) is 0.580. The van der Waals surface area contributed by atoms with Gasteiger partial charge in [-0.15, -0.1) is 5.10 Å².